The van der Waals surface area contributed by atoms with Crippen LogP contribution in [-0.2, 0) is 0 Å². The average molecular weight is 257 g/mol. The maximum Gasteiger partial charge on any atom is 0.178 e. The fraction of sp³-hybridized carbons (Fsp3) is 0.562. The van der Waals surface area contributed by atoms with E-state index in [1.54, 1.807) is 12.4 Å². The van der Waals surface area contributed by atoms with Crippen LogP contribution in [0.2, 0.25) is 0 Å². The average Bonchev–Trinajstić information content (AvgIpc) is 2.25. The number of fused-ring (bicyclic) bond motifs is 1. The molecule has 0 saturated heterocycles. The molecule has 102 valence electrons. The Hall–Kier alpha value is -1.51. The molecule has 0 atom stereocenters. The van der Waals surface area contributed by atoms with Crippen molar-refractivity contribution in [1.29, 1.82) is 0 Å². The Labute approximate surface area is 115 Å². The molecule has 0 aliphatic carbocycles. The monoisotopic (exact) mass is 257 g/mol. The number of aromatic nitrogens is 3. The molecule has 0 aromatic carbocycles. The largest absolute Gasteiger partial charge is 0.251 e. The van der Waals surface area contributed by atoms with Gasteiger partial charge in [-0.3, -0.25) is 4.98 Å². The van der Waals surface area contributed by atoms with Gasteiger partial charge >= 0.3 is 0 Å². The Balaban J connectivity index is 2.57. The smallest absolute Gasteiger partial charge is 0.178 e. The summed E-state index contributed by atoms with van der Waals surface area (Å²) in [6.07, 6.45) is 3.40. The molecule has 0 radical (unpaired) electrons. The molecule has 0 aliphatic rings. The zero-order valence-corrected chi connectivity index (χ0v) is 12.7. The van der Waals surface area contributed by atoms with Crippen LogP contribution in [-0.4, -0.2) is 15.0 Å². The van der Waals surface area contributed by atoms with Crippen molar-refractivity contribution in [2.75, 3.05) is 0 Å². The van der Waals surface area contributed by atoms with E-state index < -0.39 is 0 Å². The minimum atomic E-state index is 0.154. The lowest BCUT2D eigenvalue weighted by Gasteiger charge is -2.40. The van der Waals surface area contributed by atoms with Gasteiger partial charge in [0.15, 0.2) is 5.65 Å². The first kappa shape index (κ1) is 13.9. The van der Waals surface area contributed by atoms with Gasteiger partial charge in [-0.1, -0.05) is 41.5 Å². The van der Waals surface area contributed by atoms with Crippen molar-refractivity contribution in [3.63, 3.8) is 0 Å². The van der Waals surface area contributed by atoms with E-state index in [9.17, 15) is 0 Å². The van der Waals surface area contributed by atoms with Crippen molar-refractivity contribution in [2.24, 2.45) is 10.8 Å². The van der Waals surface area contributed by atoms with Gasteiger partial charge in [-0.15, -0.1) is 0 Å². The Morgan fingerprint density at radius 3 is 2.00 bits per heavy atom. The van der Waals surface area contributed by atoms with Crippen molar-refractivity contribution in [2.45, 2.75) is 47.5 Å². The zero-order chi connectivity index (χ0) is 14.3. The van der Waals surface area contributed by atoms with Crippen molar-refractivity contribution in [1.82, 2.24) is 15.0 Å². The zero-order valence-electron chi connectivity index (χ0n) is 12.7. The summed E-state index contributed by atoms with van der Waals surface area (Å²) in [6, 6.07) is 4.12. The molecule has 2 aromatic heterocycles. The molecule has 2 aromatic rings. The number of hydrogen-bond acceptors (Lipinski definition) is 3. The maximum absolute atomic E-state index is 4.73. The lowest BCUT2D eigenvalue weighted by molar-refractivity contribution is 0.172. The van der Waals surface area contributed by atoms with E-state index in [1.807, 2.05) is 6.07 Å². The van der Waals surface area contributed by atoms with E-state index in [2.05, 4.69) is 57.6 Å². The summed E-state index contributed by atoms with van der Waals surface area (Å²) >= 11 is 0. The molecule has 0 bridgehead atoms. The highest BCUT2D eigenvalue weighted by Gasteiger charge is 2.37. The van der Waals surface area contributed by atoms with Gasteiger partial charge in [0.05, 0.1) is 0 Å². The fourth-order valence-electron chi connectivity index (χ4n) is 3.22. The minimum Gasteiger partial charge on any atom is -0.251 e. The highest BCUT2D eigenvalue weighted by Crippen LogP contribution is 2.46. The molecular formula is C16H23N3. The Bertz CT molecular complexity index is 562. The fourth-order valence-corrected chi connectivity index (χ4v) is 3.22. The third-order valence-electron chi connectivity index (χ3n) is 3.38. The van der Waals surface area contributed by atoms with Crippen LogP contribution in [0, 0.1) is 10.8 Å². The first-order valence-corrected chi connectivity index (χ1v) is 6.77. The lowest BCUT2D eigenvalue weighted by atomic mass is 9.65. The first-order chi connectivity index (χ1) is 8.69. The summed E-state index contributed by atoms with van der Waals surface area (Å²) in [6.45, 7) is 13.6. The molecule has 0 spiro atoms. The molecule has 0 saturated carbocycles. The predicted octanol–water partition coefficient (Wildman–Crippen LogP) is 4.20. The van der Waals surface area contributed by atoms with Crippen LogP contribution >= 0.6 is 0 Å². The summed E-state index contributed by atoms with van der Waals surface area (Å²) < 4.78 is 0. The summed E-state index contributed by atoms with van der Waals surface area (Å²) in [5.74, 6) is 0.367. The van der Waals surface area contributed by atoms with E-state index >= 15 is 0 Å². The molecule has 2 heterocycles. The van der Waals surface area contributed by atoms with Gasteiger partial charge in [0.25, 0.3) is 0 Å². The molecule has 19 heavy (non-hydrogen) atoms. The van der Waals surface area contributed by atoms with Crippen LogP contribution in [0.1, 0.15) is 53.2 Å². The summed E-state index contributed by atoms with van der Waals surface area (Å²) in [4.78, 5) is 13.3. The quantitative estimate of drug-likeness (QED) is 0.768. The Morgan fingerprint density at radius 2 is 1.42 bits per heavy atom. The second kappa shape index (κ2) is 4.55. The Kier molecular flexibility index (Phi) is 3.33. The molecule has 3 heteroatoms. The van der Waals surface area contributed by atoms with Crippen molar-refractivity contribution >= 4 is 11.2 Å². The summed E-state index contributed by atoms with van der Waals surface area (Å²) in [5.41, 5.74) is 3.00. The maximum atomic E-state index is 4.73. The van der Waals surface area contributed by atoms with Gasteiger partial charge in [0.1, 0.15) is 5.52 Å². The molecular weight excluding hydrogens is 234 g/mol. The molecule has 0 N–H and O–H groups in total. The highest BCUT2D eigenvalue weighted by atomic mass is 14.9. The number of hydrogen-bond donors (Lipinski definition) is 0. The van der Waals surface area contributed by atoms with Crippen LogP contribution in [0.3, 0.4) is 0 Å². The Morgan fingerprint density at radius 1 is 0.842 bits per heavy atom. The van der Waals surface area contributed by atoms with Crippen molar-refractivity contribution < 1.29 is 0 Å². The second-order valence-corrected chi connectivity index (χ2v) is 7.30. The van der Waals surface area contributed by atoms with E-state index in [1.165, 1.54) is 0 Å². The van der Waals surface area contributed by atoms with Crippen LogP contribution in [0.5, 0.6) is 0 Å². The number of nitrogens with zero attached hydrogens (tertiary/aromatic N) is 3. The standard InChI is InChI=1S/C16H23N3/c1-15(2,3)13(16(4,5)6)11-7-8-12-14(19-11)18-10-9-17-12/h7-10,13H,1-6H3. The van der Waals surface area contributed by atoms with Crippen molar-refractivity contribution in [3.05, 3.63) is 30.2 Å². The SMILES string of the molecule is CC(C)(C)C(c1ccc2nccnc2n1)C(C)(C)C. The van der Waals surface area contributed by atoms with Crippen LogP contribution < -0.4 is 0 Å². The molecule has 2 rings (SSSR count). The summed E-state index contributed by atoms with van der Waals surface area (Å²) in [7, 11) is 0. The van der Waals surface area contributed by atoms with Gasteiger partial charge in [-0.2, -0.15) is 0 Å². The number of rotatable bonds is 1. The number of pyridine rings is 1. The second-order valence-electron chi connectivity index (χ2n) is 7.30. The van der Waals surface area contributed by atoms with E-state index in [4.69, 9.17) is 4.98 Å². The highest BCUT2D eigenvalue weighted by molar-refractivity contribution is 5.69. The predicted molar refractivity (Wildman–Crippen MR) is 79.0 cm³/mol. The minimum absolute atomic E-state index is 0.154. The van der Waals surface area contributed by atoms with Gasteiger partial charge in [-0.05, 0) is 23.0 Å². The molecule has 0 fully saturated rings. The van der Waals surface area contributed by atoms with E-state index in [0.717, 1.165) is 16.9 Å². The van der Waals surface area contributed by atoms with Crippen LogP contribution in [0.25, 0.3) is 11.2 Å². The normalized spacial score (nSPS) is 13.2. The lowest BCUT2D eigenvalue weighted by Crippen LogP contribution is -2.31. The molecule has 3 nitrogen and oxygen atoms in total. The first-order valence-electron chi connectivity index (χ1n) is 6.77. The molecule has 0 aliphatic heterocycles. The van der Waals surface area contributed by atoms with Crippen LogP contribution in [0.15, 0.2) is 24.5 Å². The van der Waals surface area contributed by atoms with Gasteiger partial charge < -0.3 is 0 Å². The van der Waals surface area contributed by atoms with E-state index in [0.29, 0.717) is 5.92 Å². The molecule has 0 amide bonds. The van der Waals surface area contributed by atoms with Gasteiger partial charge in [-0.25, -0.2) is 9.97 Å². The van der Waals surface area contributed by atoms with E-state index in [-0.39, 0.29) is 10.8 Å². The third kappa shape index (κ3) is 2.91. The van der Waals surface area contributed by atoms with Crippen molar-refractivity contribution in [3.8, 4) is 0 Å². The topological polar surface area (TPSA) is 38.7 Å². The van der Waals surface area contributed by atoms with Gasteiger partial charge in [0.2, 0.25) is 0 Å². The molecule has 0 unspecified atom stereocenters. The summed E-state index contributed by atoms with van der Waals surface area (Å²) in [5, 5.41) is 0. The third-order valence-corrected chi connectivity index (χ3v) is 3.38. The van der Waals surface area contributed by atoms with Gasteiger partial charge in [0, 0.05) is 24.0 Å². The van der Waals surface area contributed by atoms with Crippen LogP contribution in [0.4, 0.5) is 0 Å².